The first-order chi connectivity index (χ1) is 11.8. The number of rotatable bonds is 5. The van der Waals surface area contributed by atoms with Crippen molar-refractivity contribution in [3.8, 4) is 0 Å². The predicted molar refractivity (Wildman–Crippen MR) is 102 cm³/mol. The van der Waals surface area contributed by atoms with Crippen LogP contribution in [-0.4, -0.2) is 24.2 Å². The maximum absolute atomic E-state index is 13.7. The van der Waals surface area contributed by atoms with E-state index in [-0.39, 0.29) is 36.1 Å². The van der Waals surface area contributed by atoms with Crippen LogP contribution in [0.5, 0.6) is 0 Å². The lowest BCUT2D eigenvalue weighted by Crippen LogP contribution is -2.41. The minimum absolute atomic E-state index is 0.0688. The van der Waals surface area contributed by atoms with Crippen LogP contribution in [0.15, 0.2) is 24.3 Å². The molecule has 0 spiro atoms. The number of benzene rings is 1. The molecule has 4 nitrogen and oxygen atoms in total. The average molecular weight is 363 g/mol. The third-order valence-electron chi connectivity index (χ3n) is 5.23. The van der Waals surface area contributed by atoms with Gasteiger partial charge in [-0.2, -0.15) is 0 Å². The van der Waals surface area contributed by atoms with E-state index in [0.717, 1.165) is 5.56 Å². The fourth-order valence-electron chi connectivity index (χ4n) is 2.81. The van der Waals surface area contributed by atoms with Crippen molar-refractivity contribution < 1.29 is 18.5 Å². The van der Waals surface area contributed by atoms with Crippen molar-refractivity contribution >= 4 is 13.0 Å². The molecule has 1 heterocycles. The van der Waals surface area contributed by atoms with Crippen LogP contribution in [0.2, 0.25) is 6.32 Å². The van der Waals surface area contributed by atoms with Gasteiger partial charge in [0.05, 0.1) is 17.2 Å². The number of carbonyl (C=O) groups excluding carboxylic acids is 1. The van der Waals surface area contributed by atoms with E-state index >= 15 is 0 Å². The molecular weight excluding hydrogens is 332 g/mol. The van der Waals surface area contributed by atoms with Gasteiger partial charge in [0.1, 0.15) is 5.82 Å². The van der Waals surface area contributed by atoms with Crippen LogP contribution in [0, 0.1) is 11.2 Å². The summed E-state index contributed by atoms with van der Waals surface area (Å²) in [6, 6.07) is 6.07. The van der Waals surface area contributed by atoms with Gasteiger partial charge in [-0.3, -0.25) is 4.79 Å². The summed E-state index contributed by atoms with van der Waals surface area (Å²) in [5, 5.41) is 3.05. The van der Waals surface area contributed by atoms with Crippen molar-refractivity contribution in [2.75, 3.05) is 0 Å². The van der Waals surface area contributed by atoms with Gasteiger partial charge >= 0.3 is 7.12 Å². The zero-order chi connectivity index (χ0) is 19.8. The fourth-order valence-corrected chi connectivity index (χ4v) is 2.81. The zero-order valence-electron chi connectivity index (χ0n) is 17.0. The largest absolute Gasteiger partial charge is 0.457 e. The van der Waals surface area contributed by atoms with Crippen molar-refractivity contribution in [1.29, 1.82) is 0 Å². The van der Waals surface area contributed by atoms with Crippen LogP contribution in [0.4, 0.5) is 4.39 Å². The van der Waals surface area contributed by atoms with E-state index in [2.05, 4.69) is 5.32 Å². The van der Waals surface area contributed by atoms with Gasteiger partial charge in [-0.25, -0.2) is 4.39 Å². The molecule has 0 radical (unpaired) electrons. The van der Waals surface area contributed by atoms with Crippen molar-refractivity contribution in [1.82, 2.24) is 5.32 Å². The topological polar surface area (TPSA) is 47.6 Å². The Labute approximate surface area is 157 Å². The highest BCUT2D eigenvalue weighted by Crippen LogP contribution is 2.38. The van der Waals surface area contributed by atoms with Crippen LogP contribution in [0.25, 0.3) is 0 Å². The van der Waals surface area contributed by atoms with Crippen molar-refractivity contribution in [2.45, 2.75) is 78.5 Å². The Morgan fingerprint density at radius 1 is 1.19 bits per heavy atom. The van der Waals surface area contributed by atoms with E-state index < -0.39 is 5.41 Å². The van der Waals surface area contributed by atoms with E-state index in [1.807, 2.05) is 54.5 Å². The molecule has 0 aliphatic carbocycles. The van der Waals surface area contributed by atoms with Gasteiger partial charge in [0.25, 0.3) is 0 Å². The van der Waals surface area contributed by atoms with Crippen LogP contribution in [-0.2, 0) is 14.1 Å². The van der Waals surface area contributed by atoms with Gasteiger partial charge in [0.2, 0.25) is 5.91 Å². The van der Waals surface area contributed by atoms with Gasteiger partial charge in [-0.1, -0.05) is 32.9 Å². The molecule has 6 heteroatoms. The molecular formula is C20H31BFNO3. The second-order valence-electron chi connectivity index (χ2n) is 9.09. The molecule has 2 rings (SSSR count). The fraction of sp³-hybridized carbons (Fsp3) is 0.650. The van der Waals surface area contributed by atoms with Gasteiger partial charge in [0, 0.05) is 5.41 Å². The van der Waals surface area contributed by atoms with Gasteiger partial charge in [0.15, 0.2) is 0 Å². The number of hydrogen-bond acceptors (Lipinski definition) is 3. The lowest BCUT2D eigenvalue weighted by molar-refractivity contribution is -0.129. The first-order valence-electron chi connectivity index (χ1n) is 9.24. The lowest BCUT2D eigenvalue weighted by Gasteiger charge is -2.32. The van der Waals surface area contributed by atoms with E-state index in [1.54, 1.807) is 6.07 Å². The highest BCUT2D eigenvalue weighted by Gasteiger charge is 2.50. The first kappa shape index (κ1) is 20.9. The Morgan fingerprint density at radius 3 is 2.27 bits per heavy atom. The van der Waals surface area contributed by atoms with Gasteiger partial charge in [-0.05, 0) is 58.1 Å². The summed E-state index contributed by atoms with van der Waals surface area (Å²) >= 11 is 0. The molecule has 1 aliphatic rings. The van der Waals surface area contributed by atoms with Crippen LogP contribution < -0.4 is 5.32 Å². The molecule has 1 amide bonds. The predicted octanol–water partition coefficient (Wildman–Crippen LogP) is 4.51. The number of nitrogens with one attached hydrogen (secondary N) is 1. The normalized spacial score (nSPS) is 20.1. The molecule has 1 aromatic rings. The number of carbonyl (C=O) groups is 1. The van der Waals surface area contributed by atoms with E-state index in [9.17, 15) is 9.18 Å². The molecule has 144 valence electrons. The quantitative estimate of drug-likeness (QED) is 0.783. The molecule has 0 saturated carbocycles. The molecule has 1 fully saturated rings. The lowest BCUT2D eigenvalue weighted by atomic mass is 9.80. The Bertz CT molecular complexity index is 639. The Kier molecular flexibility index (Phi) is 5.88. The number of halogens is 1. The smallest absolute Gasteiger partial charge is 0.403 e. The van der Waals surface area contributed by atoms with Crippen molar-refractivity contribution in [2.24, 2.45) is 5.41 Å². The summed E-state index contributed by atoms with van der Waals surface area (Å²) in [4.78, 5) is 12.5. The van der Waals surface area contributed by atoms with Crippen LogP contribution in [0.3, 0.4) is 0 Å². The van der Waals surface area contributed by atoms with Crippen molar-refractivity contribution in [3.05, 3.63) is 35.6 Å². The Balaban J connectivity index is 2.11. The minimum Gasteiger partial charge on any atom is -0.403 e. The molecule has 1 unspecified atom stereocenters. The van der Waals surface area contributed by atoms with E-state index in [1.165, 1.54) is 12.1 Å². The van der Waals surface area contributed by atoms with E-state index in [0.29, 0.717) is 12.7 Å². The molecule has 1 atom stereocenters. The van der Waals surface area contributed by atoms with Gasteiger partial charge < -0.3 is 14.6 Å². The molecule has 0 aromatic heterocycles. The third-order valence-corrected chi connectivity index (χ3v) is 5.23. The summed E-state index contributed by atoms with van der Waals surface area (Å²) in [6.07, 6.45) is 1.21. The summed E-state index contributed by atoms with van der Waals surface area (Å²) in [5.74, 6) is -0.381. The highest BCUT2D eigenvalue weighted by atomic mass is 19.1. The summed E-state index contributed by atoms with van der Waals surface area (Å²) < 4.78 is 25.8. The molecule has 1 aliphatic heterocycles. The molecule has 0 bridgehead atoms. The van der Waals surface area contributed by atoms with Crippen molar-refractivity contribution in [3.63, 3.8) is 0 Å². The second-order valence-corrected chi connectivity index (χ2v) is 9.09. The Morgan fingerprint density at radius 2 is 1.77 bits per heavy atom. The Hall–Kier alpha value is -1.40. The standard InChI is InChI=1S/C20H31BFNO3/c1-18(2,3)17(24)23-16(14-9-8-10-15(22)13-14)11-12-21-25-19(4,5)20(6,7)26-21/h8-10,13,16H,11-12H2,1-7H3,(H,23,24). The second kappa shape index (κ2) is 7.32. The third kappa shape index (κ3) is 4.86. The maximum Gasteiger partial charge on any atom is 0.457 e. The van der Waals surface area contributed by atoms with Crippen LogP contribution >= 0.6 is 0 Å². The summed E-state index contributed by atoms with van der Waals surface area (Å²) in [7, 11) is -0.345. The number of hydrogen-bond donors (Lipinski definition) is 1. The first-order valence-corrected chi connectivity index (χ1v) is 9.24. The monoisotopic (exact) mass is 363 g/mol. The minimum atomic E-state index is -0.518. The summed E-state index contributed by atoms with van der Waals surface area (Å²) in [5.41, 5.74) is -0.545. The SMILES string of the molecule is CC(C)(C)C(=O)NC(CCB1OC(C)(C)C(C)(C)O1)c1cccc(F)c1. The highest BCUT2D eigenvalue weighted by molar-refractivity contribution is 6.45. The summed E-state index contributed by atoms with van der Waals surface area (Å²) in [6.45, 7) is 13.6. The van der Waals surface area contributed by atoms with E-state index in [4.69, 9.17) is 9.31 Å². The maximum atomic E-state index is 13.7. The molecule has 1 N–H and O–H groups in total. The average Bonchev–Trinajstić information content (AvgIpc) is 2.69. The molecule has 26 heavy (non-hydrogen) atoms. The van der Waals surface area contributed by atoms with Crippen LogP contribution in [0.1, 0.15) is 66.5 Å². The molecule has 1 saturated heterocycles. The number of amides is 1. The molecule has 1 aromatic carbocycles. The van der Waals surface area contributed by atoms with Gasteiger partial charge in [-0.15, -0.1) is 0 Å². The zero-order valence-corrected chi connectivity index (χ0v) is 17.0.